The number of carbonyl (C=O) groups is 2. The number of hydrogen-bond acceptors (Lipinski definition) is 3. The zero-order valence-corrected chi connectivity index (χ0v) is 15.5. The lowest BCUT2D eigenvalue weighted by Crippen LogP contribution is -2.49. The molecule has 1 aliphatic heterocycles. The van der Waals surface area contributed by atoms with Gasteiger partial charge in [0.1, 0.15) is 0 Å². The minimum Gasteiger partial charge on any atom is -0.368 e. The van der Waals surface area contributed by atoms with Crippen LogP contribution in [0.15, 0.2) is 48.5 Å². The quantitative estimate of drug-likeness (QED) is 0.898. The van der Waals surface area contributed by atoms with E-state index in [1.54, 1.807) is 0 Å². The number of piperazine rings is 1. The Bertz CT molecular complexity index is 767. The van der Waals surface area contributed by atoms with Crippen LogP contribution in [0.1, 0.15) is 12.5 Å². The molecule has 2 amide bonds. The van der Waals surface area contributed by atoms with Crippen LogP contribution >= 0.6 is 11.6 Å². The smallest absolute Gasteiger partial charge is 0.227 e. The van der Waals surface area contributed by atoms with Gasteiger partial charge >= 0.3 is 0 Å². The number of carbonyl (C=O) groups excluding carboxylic acids is 2. The molecule has 0 unspecified atom stereocenters. The lowest BCUT2D eigenvalue weighted by atomic mass is 10.1. The molecule has 6 heteroatoms. The van der Waals surface area contributed by atoms with Gasteiger partial charge in [0.15, 0.2) is 0 Å². The van der Waals surface area contributed by atoms with Crippen LogP contribution in [0.2, 0.25) is 5.02 Å². The van der Waals surface area contributed by atoms with Gasteiger partial charge in [-0.25, -0.2) is 0 Å². The van der Waals surface area contributed by atoms with Crippen LogP contribution in [-0.2, 0) is 16.0 Å². The van der Waals surface area contributed by atoms with Crippen molar-refractivity contribution >= 4 is 34.8 Å². The Hall–Kier alpha value is -2.53. The molecule has 0 aliphatic carbocycles. The Labute approximate surface area is 158 Å². The van der Waals surface area contributed by atoms with Crippen LogP contribution in [0.3, 0.4) is 0 Å². The second-order valence-corrected chi connectivity index (χ2v) is 6.84. The van der Waals surface area contributed by atoms with Crippen LogP contribution in [0, 0.1) is 0 Å². The molecule has 0 saturated carbocycles. The van der Waals surface area contributed by atoms with Crippen molar-refractivity contribution in [2.24, 2.45) is 0 Å². The largest absolute Gasteiger partial charge is 0.368 e. The fraction of sp³-hybridized carbons (Fsp3) is 0.300. The number of hydrogen-bond donors (Lipinski definition) is 1. The highest BCUT2D eigenvalue weighted by Gasteiger charge is 2.21. The Morgan fingerprint density at radius 2 is 1.58 bits per heavy atom. The van der Waals surface area contributed by atoms with E-state index < -0.39 is 0 Å². The second-order valence-electron chi connectivity index (χ2n) is 6.40. The fourth-order valence-electron chi connectivity index (χ4n) is 3.06. The van der Waals surface area contributed by atoms with E-state index in [0.29, 0.717) is 24.5 Å². The van der Waals surface area contributed by atoms with Crippen LogP contribution in [0.4, 0.5) is 11.4 Å². The van der Waals surface area contributed by atoms with E-state index in [9.17, 15) is 9.59 Å². The Morgan fingerprint density at radius 3 is 2.15 bits per heavy atom. The topological polar surface area (TPSA) is 52.7 Å². The molecule has 0 atom stereocenters. The molecule has 2 aromatic carbocycles. The first kappa shape index (κ1) is 18.3. The van der Waals surface area contributed by atoms with Crippen molar-refractivity contribution < 1.29 is 9.59 Å². The van der Waals surface area contributed by atoms with E-state index in [2.05, 4.69) is 10.2 Å². The van der Waals surface area contributed by atoms with Crippen molar-refractivity contribution in [3.8, 4) is 0 Å². The molecule has 0 radical (unpaired) electrons. The van der Waals surface area contributed by atoms with Crippen molar-refractivity contribution in [3.63, 3.8) is 0 Å². The summed E-state index contributed by atoms with van der Waals surface area (Å²) < 4.78 is 0. The molecule has 1 fully saturated rings. The molecule has 136 valence electrons. The second kappa shape index (κ2) is 8.23. The number of benzene rings is 2. The summed E-state index contributed by atoms with van der Waals surface area (Å²) >= 11 is 5.88. The standard InChI is InChI=1S/C20H22ClN3O2/c1-15(25)22-18-6-8-19(9-7-18)23-10-12-24(13-11-23)20(26)14-16-2-4-17(21)5-3-16/h2-9H,10-14H2,1H3,(H,22,25). The first-order valence-electron chi connectivity index (χ1n) is 8.66. The van der Waals surface area contributed by atoms with E-state index in [1.165, 1.54) is 6.92 Å². The highest BCUT2D eigenvalue weighted by molar-refractivity contribution is 6.30. The van der Waals surface area contributed by atoms with Crippen molar-refractivity contribution in [3.05, 3.63) is 59.1 Å². The summed E-state index contributed by atoms with van der Waals surface area (Å²) in [4.78, 5) is 27.7. The molecule has 2 aromatic rings. The minimum absolute atomic E-state index is 0.0782. The van der Waals surface area contributed by atoms with Gasteiger partial charge < -0.3 is 15.1 Å². The van der Waals surface area contributed by atoms with Crippen LogP contribution in [0.5, 0.6) is 0 Å². The number of rotatable bonds is 4. The van der Waals surface area contributed by atoms with E-state index in [0.717, 1.165) is 30.0 Å². The molecule has 5 nitrogen and oxygen atoms in total. The normalized spacial score (nSPS) is 14.2. The lowest BCUT2D eigenvalue weighted by Gasteiger charge is -2.36. The Balaban J connectivity index is 1.52. The van der Waals surface area contributed by atoms with Crippen molar-refractivity contribution in [1.29, 1.82) is 0 Å². The van der Waals surface area contributed by atoms with Gasteiger partial charge in [0.2, 0.25) is 11.8 Å². The molecule has 0 bridgehead atoms. The highest BCUT2D eigenvalue weighted by atomic mass is 35.5. The summed E-state index contributed by atoms with van der Waals surface area (Å²) in [6.07, 6.45) is 0.405. The predicted octanol–water partition coefficient (Wildman–Crippen LogP) is 3.19. The molecule has 1 saturated heterocycles. The summed E-state index contributed by atoms with van der Waals surface area (Å²) in [5.74, 6) is 0.0681. The monoisotopic (exact) mass is 371 g/mol. The highest BCUT2D eigenvalue weighted by Crippen LogP contribution is 2.20. The van der Waals surface area contributed by atoms with Crippen LogP contribution in [-0.4, -0.2) is 42.9 Å². The molecular weight excluding hydrogens is 350 g/mol. The maximum absolute atomic E-state index is 12.5. The van der Waals surface area contributed by atoms with Gasteiger partial charge in [-0.3, -0.25) is 9.59 Å². The molecule has 0 spiro atoms. The maximum Gasteiger partial charge on any atom is 0.227 e. The maximum atomic E-state index is 12.5. The summed E-state index contributed by atoms with van der Waals surface area (Å²) in [7, 11) is 0. The van der Waals surface area contributed by atoms with Crippen LogP contribution < -0.4 is 10.2 Å². The average Bonchev–Trinajstić information content (AvgIpc) is 2.64. The first-order valence-corrected chi connectivity index (χ1v) is 9.04. The molecule has 26 heavy (non-hydrogen) atoms. The number of halogens is 1. The van der Waals surface area contributed by atoms with Crippen molar-refractivity contribution in [2.75, 3.05) is 36.4 Å². The number of nitrogens with zero attached hydrogens (tertiary/aromatic N) is 2. The minimum atomic E-state index is -0.0782. The zero-order valence-electron chi connectivity index (χ0n) is 14.7. The van der Waals surface area contributed by atoms with Gasteiger partial charge in [-0.2, -0.15) is 0 Å². The van der Waals surface area contributed by atoms with Gasteiger partial charge in [-0.1, -0.05) is 23.7 Å². The summed E-state index contributed by atoms with van der Waals surface area (Å²) in [6, 6.07) is 15.2. The average molecular weight is 372 g/mol. The number of nitrogens with one attached hydrogen (secondary N) is 1. The summed E-state index contributed by atoms with van der Waals surface area (Å²) in [6.45, 7) is 4.51. The molecule has 1 aliphatic rings. The van der Waals surface area contributed by atoms with Gasteiger partial charge in [0.05, 0.1) is 6.42 Å². The Morgan fingerprint density at radius 1 is 0.962 bits per heavy atom. The van der Waals surface area contributed by atoms with Gasteiger partial charge in [0, 0.05) is 49.5 Å². The lowest BCUT2D eigenvalue weighted by molar-refractivity contribution is -0.130. The van der Waals surface area contributed by atoms with E-state index >= 15 is 0 Å². The zero-order chi connectivity index (χ0) is 18.5. The summed E-state index contributed by atoms with van der Waals surface area (Å²) in [5, 5.41) is 3.44. The predicted molar refractivity (Wildman–Crippen MR) is 105 cm³/mol. The van der Waals surface area contributed by atoms with Gasteiger partial charge in [-0.15, -0.1) is 0 Å². The van der Waals surface area contributed by atoms with Gasteiger partial charge in [-0.05, 0) is 42.0 Å². The van der Waals surface area contributed by atoms with E-state index in [-0.39, 0.29) is 11.8 Å². The van der Waals surface area contributed by atoms with Crippen LogP contribution in [0.25, 0.3) is 0 Å². The third-order valence-electron chi connectivity index (χ3n) is 4.45. The van der Waals surface area contributed by atoms with Gasteiger partial charge in [0.25, 0.3) is 0 Å². The Kier molecular flexibility index (Phi) is 5.78. The molecule has 1 N–H and O–H groups in total. The molecule has 3 rings (SSSR count). The summed E-state index contributed by atoms with van der Waals surface area (Å²) in [5.41, 5.74) is 2.87. The molecular formula is C20H22ClN3O2. The third kappa shape index (κ3) is 4.76. The van der Waals surface area contributed by atoms with E-state index in [4.69, 9.17) is 11.6 Å². The van der Waals surface area contributed by atoms with Crippen molar-refractivity contribution in [2.45, 2.75) is 13.3 Å². The molecule has 1 heterocycles. The first-order chi connectivity index (χ1) is 12.5. The third-order valence-corrected chi connectivity index (χ3v) is 4.71. The molecule has 0 aromatic heterocycles. The number of anilines is 2. The van der Waals surface area contributed by atoms with E-state index in [1.807, 2.05) is 53.4 Å². The van der Waals surface area contributed by atoms with Crippen molar-refractivity contribution in [1.82, 2.24) is 4.90 Å². The SMILES string of the molecule is CC(=O)Nc1ccc(N2CCN(C(=O)Cc3ccc(Cl)cc3)CC2)cc1. The number of amides is 2. The fourth-order valence-corrected chi connectivity index (χ4v) is 3.19.